The molecule has 0 saturated heterocycles. The molecule has 0 amide bonds. The lowest BCUT2D eigenvalue weighted by atomic mass is 10.2. The first-order valence-electron chi connectivity index (χ1n) is 5.50. The van der Waals surface area contributed by atoms with Gasteiger partial charge in [0.25, 0.3) is 0 Å². The molecule has 1 heterocycles. The van der Waals surface area contributed by atoms with Crippen LogP contribution in [0.4, 0.5) is 10.1 Å². The minimum atomic E-state index is -0.254. The predicted molar refractivity (Wildman–Crippen MR) is 66.2 cm³/mol. The van der Waals surface area contributed by atoms with Crippen molar-refractivity contribution in [3.63, 3.8) is 0 Å². The number of ether oxygens (including phenoxy) is 2. The molecule has 0 unspecified atom stereocenters. The minimum absolute atomic E-state index is 0.250. The van der Waals surface area contributed by atoms with Crippen LogP contribution in [0, 0.1) is 5.82 Å². The molecule has 0 saturated carbocycles. The van der Waals surface area contributed by atoms with Gasteiger partial charge in [-0.1, -0.05) is 12.1 Å². The molecule has 1 aliphatic heterocycles. The highest BCUT2D eigenvalue weighted by Gasteiger charge is 2.12. The number of rotatable bonds is 2. The van der Waals surface area contributed by atoms with E-state index in [0.717, 1.165) is 17.0 Å². The number of nitrogens with zero attached hydrogens (tertiary/aromatic N) is 1. The van der Waals surface area contributed by atoms with Gasteiger partial charge in [0.1, 0.15) is 5.82 Å². The Labute approximate surface area is 104 Å². The highest BCUT2D eigenvalue weighted by atomic mass is 19.1. The second kappa shape index (κ2) is 4.49. The summed E-state index contributed by atoms with van der Waals surface area (Å²) in [6.07, 6.45) is 1.68. The largest absolute Gasteiger partial charge is 0.454 e. The number of hydrogen-bond acceptors (Lipinski definition) is 3. The molecule has 0 fully saturated rings. The smallest absolute Gasteiger partial charge is 0.231 e. The lowest BCUT2D eigenvalue weighted by Crippen LogP contribution is -1.92. The summed E-state index contributed by atoms with van der Waals surface area (Å²) >= 11 is 0. The first kappa shape index (κ1) is 10.8. The zero-order valence-corrected chi connectivity index (χ0v) is 9.47. The second-order valence-electron chi connectivity index (χ2n) is 3.85. The molecular weight excluding hydrogens is 233 g/mol. The molecule has 18 heavy (non-hydrogen) atoms. The summed E-state index contributed by atoms with van der Waals surface area (Å²) in [6.45, 7) is 0.250. The number of hydrogen-bond donors (Lipinski definition) is 0. The molecule has 0 bridgehead atoms. The fraction of sp³-hybridized carbons (Fsp3) is 0.0714. The fourth-order valence-corrected chi connectivity index (χ4v) is 1.66. The summed E-state index contributed by atoms with van der Waals surface area (Å²) in [6, 6.07) is 11.6. The molecule has 0 N–H and O–H groups in total. The molecule has 0 atom stereocenters. The van der Waals surface area contributed by atoms with Crippen molar-refractivity contribution in [3.05, 3.63) is 53.8 Å². The highest BCUT2D eigenvalue weighted by molar-refractivity contribution is 5.82. The van der Waals surface area contributed by atoms with E-state index in [2.05, 4.69) is 4.99 Å². The van der Waals surface area contributed by atoms with Gasteiger partial charge in [-0.2, -0.15) is 0 Å². The summed E-state index contributed by atoms with van der Waals surface area (Å²) < 4.78 is 23.2. The van der Waals surface area contributed by atoms with Crippen LogP contribution >= 0.6 is 0 Å². The first-order chi connectivity index (χ1) is 8.81. The van der Waals surface area contributed by atoms with Gasteiger partial charge in [0.2, 0.25) is 6.79 Å². The van der Waals surface area contributed by atoms with Gasteiger partial charge in [0.05, 0.1) is 5.69 Å². The Balaban J connectivity index is 1.82. The first-order valence-corrected chi connectivity index (χ1v) is 5.50. The third-order valence-electron chi connectivity index (χ3n) is 2.59. The normalized spacial score (nSPS) is 13.2. The Hall–Kier alpha value is -2.36. The zero-order chi connectivity index (χ0) is 12.4. The number of benzene rings is 2. The molecule has 3 nitrogen and oxygen atoms in total. The molecule has 0 radical (unpaired) electrons. The Morgan fingerprint density at radius 1 is 1.00 bits per heavy atom. The van der Waals surface area contributed by atoms with Crippen molar-refractivity contribution < 1.29 is 13.9 Å². The van der Waals surface area contributed by atoms with Gasteiger partial charge in [-0.05, 0) is 29.8 Å². The van der Waals surface area contributed by atoms with Crippen LogP contribution in [0.5, 0.6) is 11.5 Å². The van der Waals surface area contributed by atoms with Crippen molar-refractivity contribution in [2.24, 2.45) is 4.99 Å². The van der Waals surface area contributed by atoms with Crippen molar-refractivity contribution in [2.75, 3.05) is 6.79 Å². The van der Waals surface area contributed by atoms with Gasteiger partial charge in [0, 0.05) is 12.3 Å². The summed E-state index contributed by atoms with van der Waals surface area (Å²) in [5.41, 5.74) is 1.61. The van der Waals surface area contributed by atoms with Gasteiger partial charge in [-0.15, -0.1) is 0 Å². The number of aliphatic imine (C=N–C) groups is 1. The number of fused-ring (bicyclic) bond motifs is 1. The van der Waals surface area contributed by atoms with E-state index in [1.807, 2.05) is 18.2 Å². The van der Waals surface area contributed by atoms with Crippen molar-refractivity contribution >= 4 is 11.9 Å². The maximum absolute atomic E-state index is 12.7. The lowest BCUT2D eigenvalue weighted by molar-refractivity contribution is 0.174. The lowest BCUT2D eigenvalue weighted by Gasteiger charge is -1.97. The van der Waals surface area contributed by atoms with Gasteiger partial charge in [-0.3, -0.25) is 4.99 Å². The van der Waals surface area contributed by atoms with Gasteiger partial charge >= 0.3 is 0 Å². The van der Waals surface area contributed by atoms with E-state index >= 15 is 0 Å². The maximum Gasteiger partial charge on any atom is 0.231 e. The molecule has 0 aromatic heterocycles. The van der Waals surface area contributed by atoms with Crippen molar-refractivity contribution in [1.82, 2.24) is 0 Å². The molecule has 1 aliphatic rings. The van der Waals surface area contributed by atoms with Gasteiger partial charge in [0.15, 0.2) is 11.5 Å². The average molecular weight is 243 g/mol. The van der Waals surface area contributed by atoms with Crippen LogP contribution in [0.25, 0.3) is 0 Å². The molecular formula is C14H10FNO2. The van der Waals surface area contributed by atoms with Crippen LogP contribution in [-0.4, -0.2) is 13.0 Å². The topological polar surface area (TPSA) is 30.8 Å². The quantitative estimate of drug-likeness (QED) is 0.757. The van der Waals surface area contributed by atoms with E-state index in [0.29, 0.717) is 5.75 Å². The molecule has 2 aromatic carbocycles. The molecule has 90 valence electrons. The second-order valence-corrected chi connectivity index (χ2v) is 3.85. The Bertz CT molecular complexity index is 593. The molecule has 4 heteroatoms. The van der Waals surface area contributed by atoms with E-state index in [9.17, 15) is 4.39 Å². The van der Waals surface area contributed by atoms with E-state index < -0.39 is 0 Å². The summed E-state index contributed by atoms with van der Waals surface area (Å²) in [4.78, 5) is 4.30. The Morgan fingerprint density at radius 3 is 2.61 bits per heavy atom. The summed E-state index contributed by atoms with van der Waals surface area (Å²) in [5.74, 6) is 1.18. The summed E-state index contributed by atoms with van der Waals surface area (Å²) in [7, 11) is 0. The predicted octanol–water partition coefficient (Wildman–Crippen LogP) is 3.31. The Morgan fingerprint density at radius 2 is 1.78 bits per heavy atom. The Kier molecular flexibility index (Phi) is 2.68. The van der Waals surface area contributed by atoms with Crippen molar-refractivity contribution in [3.8, 4) is 11.5 Å². The number of halogens is 1. The molecule has 3 rings (SSSR count). The van der Waals surface area contributed by atoms with Gasteiger partial charge in [-0.25, -0.2) is 4.39 Å². The monoisotopic (exact) mass is 243 g/mol. The fourth-order valence-electron chi connectivity index (χ4n) is 1.66. The van der Waals surface area contributed by atoms with E-state index in [-0.39, 0.29) is 12.6 Å². The van der Waals surface area contributed by atoms with E-state index in [1.54, 1.807) is 18.3 Å². The molecule has 2 aromatic rings. The molecule has 0 aliphatic carbocycles. The maximum atomic E-state index is 12.7. The van der Waals surface area contributed by atoms with Crippen LogP contribution in [-0.2, 0) is 0 Å². The summed E-state index contributed by atoms with van der Waals surface area (Å²) in [5, 5.41) is 0. The third kappa shape index (κ3) is 2.18. The SMILES string of the molecule is Fc1ccc(C=Nc2ccc3c(c2)OCO3)cc1. The zero-order valence-electron chi connectivity index (χ0n) is 9.47. The standard InChI is InChI=1S/C14H10FNO2/c15-11-3-1-10(2-4-11)8-16-12-5-6-13-14(7-12)18-9-17-13/h1-8H,9H2. The third-order valence-corrected chi connectivity index (χ3v) is 2.59. The van der Waals surface area contributed by atoms with Crippen molar-refractivity contribution in [1.29, 1.82) is 0 Å². The van der Waals surface area contributed by atoms with Gasteiger partial charge < -0.3 is 9.47 Å². The minimum Gasteiger partial charge on any atom is -0.454 e. The average Bonchev–Trinajstić information content (AvgIpc) is 2.85. The van der Waals surface area contributed by atoms with Crippen LogP contribution in [0.3, 0.4) is 0 Å². The van der Waals surface area contributed by atoms with Crippen LogP contribution < -0.4 is 9.47 Å². The van der Waals surface area contributed by atoms with Crippen molar-refractivity contribution in [2.45, 2.75) is 0 Å². The van der Waals surface area contributed by atoms with Crippen LogP contribution in [0.1, 0.15) is 5.56 Å². The van der Waals surface area contributed by atoms with E-state index in [1.165, 1.54) is 12.1 Å². The van der Waals surface area contributed by atoms with E-state index in [4.69, 9.17) is 9.47 Å². The molecule has 0 spiro atoms. The van der Waals surface area contributed by atoms with Crippen LogP contribution in [0.15, 0.2) is 47.5 Å². The highest BCUT2D eigenvalue weighted by Crippen LogP contribution is 2.35. The van der Waals surface area contributed by atoms with Crippen LogP contribution in [0.2, 0.25) is 0 Å².